The van der Waals surface area contributed by atoms with E-state index >= 15 is 0 Å². The Balaban J connectivity index is 4.28. The largest absolute Gasteiger partial charge is 0.500 e. The first-order valence-electron chi connectivity index (χ1n) is 5.58. The zero-order chi connectivity index (χ0) is 13.5. The van der Waals surface area contributed by atoms with Crippen molar-refractivity contribution in [3.8, 4) is 0 Å². The number of hydrogen-bond acceptors (Lipinski definition) is 5. The molecule has 0 atom stereocenters. The Morgan fingerprint density at radius 1 is 1.00 bits per heavy atom. The zero-order valence-electron chi connectivity index (χ0n) is 11.2. The third kappa shape index (κ3) is 5.07. The Labute approximate surface area is 104 Å². The monoisotopic (exact) mass is 262 g/mol. The normalized spacial score (nSPS) is 11.9. The second-order valence-corrected chi connectivity index (χ2v) is 7.05. The average molecular weight is 262 g/mol. The first-order valence-corrected chi connectivity index (χ1v) is 7.52. The van der Waals surface area contributed by atoms with Crippen LogP contribution in [0.4, 0.5) is 0 Å². The molecule has 0 aromatic heterocycles. The molecule has 17 heavy (non-hydrogen) atoms. The maximum atomic E-state index is 11.2. The van der Waals surface area contributed by atoms with Gasteiger partial charge in [0.25, 0.3) is 0 Å². The number of carbonyl (C=O) groups is 2. The molecule has 6 heteroatoms. The van der Waals surface area contributed by atoms with Gasteiger partial charge < -0.3 is 13.3 Å². The van der Waals surface area contributed by atoms with Crippen molar-refractivity contribution in [3.05, 3.63) is 0 Å². The van der Waals surface area contributed by atoms with E-state index in [4.69, 9.17) is 13.3 Å². The summed E-state index contributed by atoms with van der Waals surface area (Å²) in [5.41, 5.74) is 0. The van der Waals surface area contributed by atoms with Crippen LogP contribution in [-0.4, -0.2) is 41.7 Å². The molecule has 0 saturated carbocycles. The second kappa shape index (κ2) is 7.70. The lowest BCUT2D eigenvalue weighted by molar-refractivity contribution is -0.130. The molecule has 0 N–H and O–H groups in total. The zero-order valence-corrected chi connectivity index (χ0v) is 12.2. The smallest absolute Gasteiger partial charge is 0.377 e. The molecule has 0 rings (SSSR count). The third-order valence-corrected chi connectivity index (χ3v) is 5.72. The molecule has 0 heterocycles. The van der Waals surface area contributed by atoms with Crippen molar-refractivity contribution in [2.24, 2.45) is 5.92 Å². The van der Waals surface area contributed by atoms with Crippen molar-refractivity contribution in [3.63, 3.8) is 0 Å². The molecule has 5 nitrogen and oxygen atoms in total. The molecule has 0 aromatic carbocycles. The van der Waals surface area contributed by atoms with Crippen LogP contribution < -0.4 is 0 Å². The molecule has 0 unspecified atom stereocenters. The first-order chi connectivity index (χ1) is 7.92. The summed E-state index contributed by atoms with van der Waals surface area (Å²) >= 11 is 0. The number of ketones is 2. The van der Waals surface area contributed by atoms with Crippen LogP contribution in [0.15, 0.2) is 0 Å². The minimum Gasteiger partial charge on any atom is -0.377 e. The Bertz CT molecular complexity index is 240. The van der Waals surface area contributed by atoms with E-state index < -0.39 is 14.7 Å². The van der Waals surface area contributed by atoms with Gasteiger partial charge in [-0.05, 0) is 26.7 Å². The van der Waals surface area contributed by atoms with Gasteiger partial charge in [0.15, 0.2) is 0 Å². The number of carbonyl (C=O) groups excluding carboxylic acids is 2. The molecule has 0 fully saturated rings. The quantitative estimate of drug-likeness (QED) is 0.465. The number of Topliss-reactive ketones (excluding diaryl/α,β-unsaturated/α-hetero) is 2. The topological polar surface area (TPSA) is 61.8 Å². The number of rotatable bonds is 9. The van der Waals surface area contributed by atoms with Crippen LogP contribution >= 0.6 is 0 Å². The molecule has 0 aliphatic carbocycles. The molecule has 0 bridgehead atoms. The fourth-order valence-corrected chi connectivity index (χ4v) is 3.52. The predicted octanol–water partition coefficient (Wildman–Crippen LogP) is 1.44. The van der Waals surface area contributed by atoms with Crippen LogP contribution in [0.5, 0.6) is 0 Å². The first kappa shape index (κ1) is 16.4. The van der Waals surface area contributed by atoms with E-state index in [1.165, 1.54) is 13.8 Å². The van der Waals surface area contributed by atoms with E-state index in [1.807, 2.05) is 0 Å². The van der Waals surface area contributed by atoms with E-state index in [9.17, 15) is 9.59 Å². The van der Waals surface area contributed by atoms with Crippen LogP contribution in [0, 0.1) is 5.92 Å². The van der Waals surface area contributed by atoms with E-state index in [2.05, 4.69) is 0 Å². The van der Waals surface area contributed by atoms with E-state index in [1.54, 1.807) is 21.3 Å². The molecule has 100 valence electrons. The van der Waals surface area contributed by atoms with E-state index in [-0.39, 0.29) is 11.6 Å². The lowest BCUT2D eigenvalue weighted by Crippen LogP contribution is -2.42. The van der Waals surface area contributed by atoms with Gasteiger partial charge in [0.05, 0.1) is 5.92 Å². The Hall–Kier alpha value is -0.563. The molecule has 0 aliphatic heterocycles. The minimum atomic E-state index is -2.58. The standard InChI is InChI=1S/C11H22O5Si/c1-9(12)11(10(2)13)7-6-8-17(14-3,15-4)16-5/h11H,6-8H2,1-5H3. The van der Waals surface area contributed by atoms with Gasteiger partial charge in [-0.1, -0.05) is 0 Å². The molecule has 0 radical (unpaired) electrons. The summed E-state index contributed by atoms with van der Waals surface area (Å²) in [6, 6.07) is 0.605. The Kier molecular flexibility index (Phi) is 7.45. The summed E-state index contributed by atoms with van der Waals surface area (Å²) in [5.74, 6) is -0.679. The van der Waals surface area contributed by atoms with Crippen molar-refractivity contribution in [2.45, 2.75) is 32.7 Å². The van der Waals surface area contributed by atoms with Crippen molar-refractivity contribution in [2.75, 3.05) is 21.3 Å². The maximum Gasteiger partial charge on any atom is 0.500 e. The van der Waals surface area contributed by atoms with Gasteiger partial charge >= 0.3 is 8.80 Å². The lowest BCUT2D eigenvalue weighted by Gasteiger charge is -2.24. The number of hydrogen-bond donors (Lipinski definition) is 0. The average Bonchev–Trinajstić information content (AvgIpc) is 2.29. The lowest BCUT2D eigenvalue weighted by atomic mass is 9.96. The van der Waals surface area contributed by atoms with Crippen molar-refractivity contribution >= 4 is 20.4 Å². The molecule has 0 spiro atoms. The minimum absolute atomic E-state index is 0.0861. The summed E-state index contributed by atoms with van der Waals surface area (Å²) in [6.07, 6.45) is 1.20. The van der Waals surface area contributed by atoms with Gasteiger partial charge in [0.2, 0.25) is 0 Å². The summed E-state index contributed by atoms with van der Waals surface area (Å²) in [4.78, 5) is 22.5. The molecular weight excluding hydrogens is 240 g/mol. The van der Waals surface area contributed by atoms with Gasteiger partial charge in [-0.15, -0.1) is 0 Å². The Morgan fingerprint density at radius 3 is 1.71 bits per heavy atom. The third-order valence-electron chi connectivity index (χ3n) is 2.89. The predicted molar refractivity (Wildman–Crippen MR) is 65.7 cm³/mol. The fraction of sp³-hybridized carbons (Fsp3) is 0.818. The van der Waals surface area contributed by atoms with Gasteiger partial charge in [-0.3, -0.25) is 9.59 Å². The van der Waals surface area contributed by atoms with Gasteiger partial charge in [0, 0.05) is 27.4 Å². The molecule has 0 saturated heterocycles. The van der Waals surface area contributed by atoms with Crippen LogP contribution in [0.1, 0.15) is 26.7 Å². The molecule has 0 aromatic rings. The summed E-state index contributed by atoms with van der Waals surface area (Å²) in [6.45, 7) is 2.89. The Morgan fingerprint density at radius 2 is 1.41 bits per heavy atom. The highest BCUT2D eigenvalue weighted by molar-refractivity contribution is 6.60. The fourth-order valence-electron chi connectivity index (χ4n) is 1.77. The van der Waals surface area contributed by atoms with E-state index in [0.29, 0.717) is 18.9 Å². The SMILES string of the molecule is CO[Si](CCCC(C(C)=O)C(C)=O)(OC)OC. The molecule has 0 aliphatic rings. The maximum absolute atomic E-state index is 11.2. The second-order valence-electron chi connectivity index (χ2n) is 3.96. The highest BCUT2D eigenvalue weighted by Gasteiger charge is 2.37. The van der Waals surface area contributed by atoms with Crippen molar-refractivity contribution in [1.29, 1.82) is 0 Å². The van der Waals surface area contributed by atoms with Crippen LogP contribution in [0.3, 0.4) is 0 Å². The molecular formula is C11H22O5Si. The van der Waals surface area contributed by atoms with Gasteiger partial charge in [-0.25, -0.2) is 0 Å². The van der Waals surface area contributed by atoms with Crippen molar-refractivity contribution in [1.82, 2.24) is 0 Å². The van der Waals surface area contributed by atoms with Crippen LogP contribution in [-0.2, 0) is 22.9 Å². The highest BCUT2D eigenvalue weighted by atomic mass is 28.4. The summed E-state index contributed by atoms with van der Waals surface area (Å²) in [7, 11) is 2.07. The van der Waals surface area contributed by atoms with Crippen LogP contribution in [0.2, 0.25) is 6.04 Å². The summed E-state index contributed by atoms with van der Waals surface area (Å²) in [5, 5.41) is 0. The van der Waals surface area contributed by atoms with Gasteiger partial charge in [0.1, 0.15) is 11.6 Å². The molecule has 0 amide bonds. The highest BCUT2D eigenvalue weighted by Crippen LogP contribution is 2.19. The summed E-state index contributed by atoms with van der Waals surface area (Å²) < 4.78 is 15.8. The van der Waals surface area contributed by atoms with E-state index in [0.717, 1.165) is 0 Å². The van der Waals surface area contributed by atoms with Crippen molar-refractivity contribution < 1.29 is 22.9 Å². The van der Waals surface area contributed by atoms with Gasteiger partial charge in [-0.2, -0.15) is 0 Å². The van der Waals surface area contributed by atoms with Crippen LogP contribution in [0.25, 0.3) is 0 Å².